The van der Waals surface area contributed by atoms with Crippen molar-refractivity contribution in [2.24, 2.45) is 0 Å². The third-order valence-electron chi connectivity index (χ3n) is 3.44. The fraction of sp³-hybridized carbons (Fsp3) is 0.611. The van der Waals surface area contributed by atoms with Crippen LogP contribution in [-0.2, 0) is 0 Å². The maximum absolute atomic E-state index is 12.3. The molecule has 0 aliphatic carbocycles. The third kappa shape index (κ3) is 6.06. The molecule has 1 heterocycles. The number of carbonyl (C=O) groups excluding carboxylic acids is 1. The minimum Gasteiger partial charge on any atom is -0.497 e. The second kappa shape index (κ2) is 12.0. The summed E-state index contributed by atoms with van der Waals surface area (Å²) in [4.78, 5) is 16.5. The van der Waals surface area contributed by atoms with Crippen LogP contribution in [0.1, 0.15) is 45.0 Å². The van der Waals surface area contributed by atoms with E-state index in [9.17, 15) is 4.79 Å². The Morgan fingerprint density at radius 1 is 1.00 bits per heavy atom. The van der Waals surface area contributed by atoms with E-state index in [4.69, 9.17) is 4.74 Å². The molecule has 0 saturated carbocycles. The predicted octanol–water partition coefficient (Wildman–Crippen LogP) is 3.53. The molecule has 2 rings (SSSR count). The minimum absolute atomic E-state index is 0.119. The lowest BCUT2D eigenvalue weighted by molar-refractivity contribution is 0.0643. The molecule has 1 saturated heterocycles. The molecular formula is C18H32N2O2. The Kier molecular flexibility index (Phi) is 11.2. The zero-order chi connectivity index (χ0) is 17.0. The number of nitrogens with zero attached hydrogens (tertiary/aromatic N) is 2. The molecule has 1 amide bonds. The van der Waals surface area contributed by atoms with Gasteiger partial charge in [-0.15, -0.1) is 0 Å². The van der Waals surface area contributed by atoms with Crippen LogP contribution in [0, 0.1) is 0 Å². The monoisotopic (exact) mass is 308 g/mol. The van der Waals surface area contributed by atoms with Crippen LogP contribution in [0.5, 0.6) is 5.75 Å². The lowest BCUT2D eigenvalue weighted by atomic mass is 10.1. The summed E-state index contributed by atoms with van der Waals surface area (Å²) >= 11 is 0. The molecule has 4 nitrogen and oxygen atoms in total. The average molecular weight is 308 g/mol. The van der Waals surface area contributed by atoms with Gasteiger partial charge in [-0.3, -0.25) is 4.79 Å². The fourth-order valence-corrected chi connectivity index (χ4v) is 2.18. The van der Waals surface area contributed by atoms with Crippen molar-refractivity contribution < 1.29 is 9.53 Å². The van der Waals surface area contributed by atoms with E-state index in [1.54, 1.807) is 7.11 Å². The van der Waals surface area contributed by atoms with E-state index < -0.39 is 0 Å². The average Bonchev–Trinajstić information content (AvgIpc) is 2.64. The number of piperazine rings is 1. The number of methoxy groups -OCH3 is 1. The summed E-state index contributed by atoms with van der Waals surface area (Å²) in [5, 5.41) is 0. The first kappa shape index (κ1) is 20.5. The molecule has 0 radical (unpaired) electrons. The Morgan fingerprint density at radius 2 is 1.50 bits per heavy atom. The fourth-order valence-electron chi connectivity index (χ4n) is 2.18. The topological polar surface area (TPSA) is 32.8 Å². The Hall–Kier alpha value is -1.55. The SMILES string of the molecule is CC.CC.CCN1CCN(C(=O)c2ccc(OC)cc2)CC1. The molecule has 126 valence electrons. The van der Waals surface area contributed by atoms with Crippen molar-refractivity contribution in [2.45, 2.75) is 34.6 Å². The molecule has 0 N–H and O–H groups in total. The molecule has 0 aromatic heterocycles. The summed E-state index contributed by atoms with van der Waals surface area (Å²) in [5.74, 6) is 0.899. The van der Waals surface area contributed by atoms with Gasteiger partial charge in [0.15, 0.2) is 0 Å². The Bertz CT molecular complexity index is 396. The molecule has 4 heteroatoms. The van der Waals surface area contributed by atoms with Crippen molar-refractivity contribution >= 4 is 5.91 Å². The smallest absolute Gasteiger partial charge is 0.253 e. The number of hydrogen-bond donors (Lipinski definition) is 0. The number of benzene rings is 1. The van der Waals surface area contributed by atoms with Gasteiger partial charge in [-0.05, 0) is 30.8 Å². The zero-order valence-electron chi connectivity index (χ0n) is 15.1. The molecule has 1 fully saturated rings. The van der Waals surface area contributed by atoms with Crippen LogP contribution in [0.2, 0.25) is 0 Å². The molecular weight excluding hydrogens is 276 g/mol. The predicted molar refractivity (Wildman–Crippen MR) is 93.7 cm³/mol. The van der Waals surface area contributed by atoms with E-state index in [1.165, 1.54) is 0 Å². The van der Waals surface area contributed by atoms with E-state index in [-0.39, 0.29) is 5.91 Å². The van der Waals surface area contributed by atoms with Crippen LogP contribution in [0.3, 0.4) is 0 Å². The Balaban J connectivity index is 0.00000102. The molecule has 22 heavy (non-hydrogen) atoms. The maximum atomic E-state index is 12.3. The Morgan fingerprint density at radius 3 is 1.91 bits per heavy atom. The van der Waals surface area contributed by atoms with Crippen LogP contribution in [0.25, 0.3) is 0 Å². The summed E-state index contributed by atoms with van der Waals surface area (Å²) in [6, 6.07) is 7.31. The van der Waals surface area contributed by atoms with Crippen molar-refractivity contribution in [3.63, 3.8) is 0 Å². The van der Waals surface area contributed by atoms with E-state index >= 15 is 0 Å². The van der Waals surface area contributed by atoms with E-state index in [0.717, 1.165) is 44.0 Å². The van der Waals surface area contributed by atoms with E-state index in [2.05, 4.69) is 11.8 Å². The highest BCUT2D eigenvalue weighted by Gasteiger charge is 2.21. The van der Waals surface area contributed by atoms with Gasteiger partial charge in [0, 0.05) is 31.7 Å². The van der Waals surface area contributed by atoms with Crippen molar-refractivity contribution in [2.75, 3.05) is 39.8 Å². The number of amides is 1. The largest absolute Gasteiger partial charge is 0.497 e. The lowest BCUT2D eigenvalue weighted by Gasteiger charge is -2.34. The van der Waals surface area contributed by atoms with Crippen LogP contribution in [0.15, 0.2) is 24.3 Å². The normalized spacial score (nSPS) is 14.2. The number of rotatable bonds is 3. The molecule has 0 atom stereocenters. The van der Waals surface area contributed by atoms with Gasteiger partial charge in [-0.1, -0.05) is 34.6 Å². The second-order valence-electron chi connectivity index (χ2n) is 4.45. The summed E-state index contributed by atoms with van der Waals surface area (Å²) in [6.07, 6.45) is 0. The van der Waals surface area contributed by atoms with Crippen LogP contribution in [0.4, 0.5) is 0 Å². The van der Waals surface area contributed by atoms with Gasteiger partial charge in [-0.2, -0.15) is 0 Å². The summed E-state index contributed by atoms with van der Waals surface area (Å²) in [6.45, 7) is 14.8. The second-order valence-corrected chi connectivity index (χ2v) is 4.45. The summed E-state index contributed by atoms with van der Waals surface area (Å²) in [5.41, 5.74) is 0.737. The van der Waals surface area contributed by atoms with Gasteiger partial charge in [0.05, 0.1) is 7.11 Å². The zero-order valence-corrected chi connectivity index (χ0v) is 15.1. The summed E-state index contributed by atoms with van der Waals surface area (Å²) < 4.78 is 5.09. The number of hydrogen-bond acceptors (Lipinski definition) is 3. The number of likely N-dealkylation sites (N-methyl/N-ethyl adjacent to an activating group) is 1. The first-order valence-electron chi connectivity index (χ1n) is 8.40. The number of carbonyl (C=O) groups is 1. The minimum atomic E-state index is 0.119. The van der Waals surface area contributed by atoms with E-state index in [0.29, 0.717) is 0 Å². The third-order valence-corrected chi connectivity index (χ3v) is 3.44. The van der Waals surface area contributed by atoms with Gasteiger partial charge in [-0.25, -0.2) is 0 Å². The van der Waals surface area contributed by atoms with Crippen LogP contribution < -0.4 is 4.74 Å². The van der Waals surface area contributed by atoms with Crippen molar-refractivity contribution in [3.8, 4) is 5.75 Å². The quantitative estimate of drug-likeness (QED) is 0.856. The van der Waals surface area contributed by atoms with Gasteiger partial charge < -0.3 is 14.5 Å². The molecule has 0 spiro atoms. The van der Waals surface area contributed by atoms with Crippen LogP contribution in [-0.4, -0.2) is 55.5 Å². The standard InChI is InChI=1S/C14H20N2O2.2C2H6/c1-3-15-8-10-16(11-9-15)14(17)12-4-6-13(18-2)7-5-12;2*1-2/h4-7H,3,8-11H2,1-2H3;2*1-2H3. The molecule has 1 aromatic rings. The number of ether oxygens (including phenoxy) is 1. The van der Waals surface area contributed by atoms with Gasteiger partial charge in [0.25, 0.3) is 5.91 Å². The maximum Gasteiger partial charge on any atom is 0.253 e. The van der Waals surface area contributed by atoms with Gasteiger partial charge in [0.2, 0.25) is 0 Å². The van der Waals surface area contributed by atoms with E-state index in [1.807, 2.05) is 56.9 Å². The van der Waals surface area contributed by atoms with Crippen LogP contribution >= 0.6 is 0 Å². The van der Waals surface area contributed by atoms with Crippen molar-refractivity contribution in [1.29, 1.82) is 0 Å². The highest BCUT2D eigenvalue weighted by molar-refractivity contribution is 5.94. The lowest BCUT2D eigenvalue weighted by Crippen LogP contribution is -2.48. The molecule has 1 aromatic carbocycles. The van der Waals surface area contributed by atoms with Crippen molar-refractivity contribution in [1.82, 2.24) is 9.80 Å². The molecule has 0 unspecified atom stereocenters. The molecule has 1 aliphatic heterocycles. The first-order chi connectivity index (χ1) is 10.7. The van der Waals surface area contributed by atoms with Gasteiger partial charge in [0.1, 0.15) is 5.75 Å². The molecule has 0 bridgehead atoms. The Labute approximate surface area is 136 Å². The summed E-state index contributed by atoms with van der Waals surface area (Å²) in [7, 11) is 1.63. The highest BCUT2D eigenvalue weighted by Crippen LogP contribution is 2.14. The van der Waals surface area contributed by atoms with Gasteiger partial charge >= 0.3 is 0 Å². The van der Waals surface area contributed by atoms with Crippen molar-refractivity contribution in [3.05, 3.63) is 29.8 Å². The molecule has 1 aliphatic rings. The first-order valence-corrected chi connectivity index (χ1v) is 8.40. The highest BCUT2D eigenvalue weighted by atomic mass is 16.5.